The highest BCUT2D eigenvalue weighted by Gasteiger charge is 2.29. The molecule has 2 heterocycles. The van der Waals surface area contributed by atoms with Crippen molar-refractivity contribution in [2.75, 3.05) is 11.4 Å². The summed E-state index contributed by atoms with van der Waals surface area (Å²) in [7, 11) is 0. The third-order valence-electron chi connectivity index (χ3n) is 3.74. The molecule has 0 spiro atoms. The van der Waals surface area contributed by atoms with E-state index < -0.39 is 6.10 Å². The van der Waals surface area contributed by atoms with Gasteiger partial charge in [-0.15, -0.1) is 0 Å². The predicted octanol–water partition coefficient (Wildman–Crippen LogP) is 2.81. The van der Waals surface area contributed by atoms with Gasteiger partial charge in [-0.3, -0.25) is 9.59 Å². The summed E-state index contributed by atoms with van der Waals surface area (Å²) in [5.74, 6) is -0.532. The molecule has 1 amide bonds. The van der Waals surface area contributed by atoms with Gasteiger partial charge in [-0.25, -0.2) is 0 Å². The molecule has 0 aliphatic carbocycles. The Labute approximate surface area is 133 Å². The summed E-state index contributed by atoms with van der Waals surface area (Å²) in [4.78, 5) is 26.1. The van der Waals surface area contributed by atoms with Gasteiger partial charge in [0.25, 0.3) is 5.91 Å². The van der Waals surface area contributed by atoms with Crippen LogP contribution in [0.3, 0.4) is 0 Å². The number of rotatable bonds is 4. The molecule has 22 heavy (non-hydrogen) atoms. The van der Waals surface area contributed by atoms with Gasteiger partial charge in [0.2, 0.25) is 0 Å². The van der Waals surface area contributed by atoms with E-state index in [9.17, 15) is 9.59 Å². The number of ether oxygens (including phenoxy) is 1. The zero-order chi connectivity index (χ0) is 15.5. The molecule has 0 saturated carbocycles. The zero-order valence-corrected chi connectivity index (χ0v) is 13.1. The molecule has 0 fully saturated rings. The number of hydrogen-bond acceptors (Lipinski definition) is 4. The monoisotopic (exact) mass is 315 g/mol. The third-order valence-corrected chi connectivity index (χ3v) is 4.47. The molecule has 5 heteroatoms. The van der Waals surface area contributed by atoms with Crippen molar-refractivity contribution >= 4 is 28.9 Å². The third kappa shape index (κ3) is 3.04. The summed E-state index contributed by atoms with van der Waals surface area (Å²) in [6.07, 6.45) is 0.284. The molecule has 1 atom stereocenters. The standard InChI is InChI=1S/C17H17NO3S/c1-12(21-16(19)10-13-7-9-22-11-13)17(20)18-8-6-14-4-2-3-5-15(14)18/h2-5,7,9,11-12H,6,8,10H2,1H3. The van der Waals surface area contributed by atoms with Crippen LogP contribution < -0.4 is 4.90 Å². The van der Waals surface area contributed by atoms with Gasteiger partial charge in [0.05, 0.1) is 6.42 Å². The molecule has 0 bridgehead atoms. The quantitative estimate of drug-likeness (QED) is 0.815. The Balaban J connectivity index is 1.62. The number of hydrogen-bond donors (Lipinski definition) is 0. The Morgan fingerprint density at radius 3 is 2.91 bits per heavy atom. The highest BCUT2D eigenvalue weighted by Crippen LogP contribution is 2.28. The minimum Gasteiger partial charge on any atom is -0.452 e. The van der Waals surface area contributed by atoms with E-state index in [4.69, 9.17) is 4.74 Å². The minimum absolute atomic E-state index is 0.163. The molecule has 3 rings (SSSR count). The number of esters is 1. The average molecular weight is 315 g/mol. The van der Waals surface area contributed by atoms with E-state index in [2.05, 4.69) is 0 Å². The zero-order valence-electron chi connectivity index (χ0n) is 12.3. The van der Waals surface area contributed by atoms with Crippen LogP contribution >= 0.6 is 11.3 Å². The number of anilines is 1. The molecule has 4 nitrogen and oxygen atoms in total. The summed E-state index contributed by atoms with van der Waals surface area (Å²) in [6.45, 7) is 2.28. The average Bonchev–Trinajstić information content (AvgIpc) is 3.15. The Morgan fingerprint density at radius 2 is 2.14 bits per heavy atom. The van der Waals surface area contributed by atoms with Gasteiger partial charge < -0.3 is 9.64 Å². The predicted molar refractivity (Wildman–Crippen MR) is 86.1 cm³/mol. The lowest BCUT2D eigenvalue weighted by molar-refractivity contribution is -0.153. The van der Waals surface area contributed by atoms with Gasteiger partial charge in [0, 0.05) is 12.2 Å². The fourth-order valence-electron chi connectivity index (χ4n) is 2.64. The second-order valence-electron chi connectivity index (χ2n) is 5.31. The van der Waals surface area contributed by atoms with E-state index in [0.717, 1.165) is 23.2 Å². The van der Waals surface area contributed by atoms with Gasteiger partial charge in [-0.05, 0) is 47.4 Å². The van der Waals surface area contributed by atoms with E-state index in [1.54, 1.807) is 11.8 Å². The van der Waals surface area contributed by atoms with Crippen molar-refractivity contribution in [3.8, 4) is 0 Å². The maximum absolute atomic E-state index is 12.5. The van der Waals surface area contributed by atoms with E-state index >= 15 is 0 Å². The van der Waals surface area contributed by atoms with Crippen LogP contribution in [-0.2, 0) is 27.2 Å². The molecule has 2 aromatic rings. The highest BCUT2D eigenvalue weighted by atomic mass is 32.1. The topological polar surface area (TPSA) is 46.6 Å². The summed E-state index contributed by atoms with van der Waals surface area (Å²) in [6, 6.07) is 9.72. The van der Waals surface area contributed by atoms with Crippen LogP contribution in [0.1, 0.15) is 18.1 Å². The second kappa shape index (κ2) is 6.32. The number of fused-ring (bicyclic) bond motifs is 1. The molecular formula is C17H17NO3S. The normalized spacial score (nSPS) is 14.5. The first-order valence-corrected chi connectivity index (χ1v) is 8.19. The molecule has 1 aliphatic rings. The van der Waals surface area contributed by atoms with Crippen molar-refractivity contribution in [3.63, 3.8) is 0 Å². The Morgan fingerprint density at radius 1 is 1.32 bits per heavy atom. The van der Waals surface area contributed by atoms with Crippen molar-refractivity contribution < 1.29 is 14.3 Å². The van der Waals surface area contributed by atoms with Gasteiger partial charge in [-0.2, -0.15) is 11.3 Å². The number of amides is 1. The van der Waals surface area contributed by atoms with Crippen LogP contribution in [-0.4, -0.2) is 24.5 Å². The van der Waals surface area contributed by atoms with Crippen LogP contribution in [0.25, 0.3) is 0 Å². The lowest BCUT2D eigenvalue weighted by Gasteiger charge is -2.21. The van der Waals surface area contributed by atoms with Gasteiger partial charge in [0.15, 0.2) is 6.10 Å². The van der Waals surface area contributed by atoms with Crippen LogP contribution in [0.4, 0.5) is 5.69 Å². The Hall–Kier alpha value is -2.14. The van der Waals surface area contributed by atoms with E-state index in [-0.39, 0.29) is 18.3 Å². The van der Waals surface area contributed by atoms with Crippen LogP contribution in [0.5, 0.6) is 0 Å². The van der Waals surface area contributed by atoms with Crippen molar-refractivity contribution in [1.82, 2.24) is 0 Å². The Bertz CT molecular complexity index is 681. The van der Waals surface area contributed by atoms with Crippen LogP contribution in [0.15, 0.2) is 41.1 Å². The first kappa shape index (κ1) is 14.8. The molecule has 0 saturated heterocycles. The maximum Gasteiger partial charge on any atom is 0.311 e. The van der Waals surface area contributed by atoms with Crippen LogP contribution in [0, 0.1) is 0 Å². The molecular weight excluding hydrogens is 298 g/mol. The molecule has 1 unspecified atom stereocenters. The summed E-state index contributed by atoms with van der Waals surface area (Å²) < 4.78 is 5.29. The number of para-hydroxylation sites is 1. The van der Waals surface area contributed by atoms with Gasteiger partial charge in [-0.1, -0.05) is 18.2 Å². The first-order chi connectivity index (χ1) is 10.6. The molecule has 1 aliphatic heterocycles. The highest BCUT2D eigenvalue weighted by molar-refractivity contribution is 7.07. The van der Waals surface area contributed by atoms with Gasteiger partial charge in [0.1, 0.15) is 0 Å². The lowest BCUT2D eigenvalue weighted by atomic mass is 10.2. The van der Waals surface area contributed by atoms with E-state index in [1.165, 1.54) is 11.3 Å². The van der Waals surface area contributed by atoms with Crippen molar-refractivity contribution in [3.05, 3.63) is 52.2 Å². The number of nitrogens with zero attached hydrogens (tertiary/aromatic N) is 1. The van der Waals surface area contributed by atoms with Gasteiger partial charge >= 0.3 is 5.97 Å². The summed E-state index contributed by atoms with van der Waals surface area (Å²) in [5, 5.41) is 3.82. The number of carbonyl (C=O) groups is 2. The SMILES string of the molecule is CC(OC(=O)Cc1ccsc1)C(=O)N1CCc2ccccc21. The molecule has 1 aromatic carbocycles. The molecule has 1 aromatic heterocycles. The smallest absolute Gasteiger partial charge is 0.311 e. The van der Waals surface area contributed by atoms with E-state index in [1.807, 2.05) is 41.1 Å². The van der Waals surface area contributed by atoms with E-state index in [0.29, 0.717) is 6.54 Å². The molecule has 0 radical (unpaired) electrons. The number of carbonyl (C=O) groups excluding carboxylic acids is 2. The largest absolute Gasteiger partial charge is 0.452 e. The van der Waals surface area contributed by atoms with Crippen molar-refractivity contribution in [1.29, 1.82) is 0 Å². The summed E-state index contributed by atoms with van der Waals surface area (Å²) in [5.41, 5.74) is 3.00. The molecule has 114 valence electrons. The number of benzene rings is 1. The first-order valence-electron chi connectivity index (χ1n) is 7.25. The van der Waals surface area contributed by atoms with Crippen LogP contribution in [0.2, 0.25) is 0 Å². The molecule has 0 N–H and O–H groups in total. The fraction of sp³-hybridized carbons (Fsp3) is 0.294. The second-order valence-corrected chi connectivity index (χ2v) is 6.09. The number of thiophene rings is 1. The Kier molecular flexibility index (Phi) is 4.24. The summed E-state index contributed by atoms with van der Waals surface area (Å²) >= 11 is 1.54. The van der Waals surface area contributed by atoms with Crippen molar-refractivity contribution in [2.24, 2.45) is 0 Å². The lowest BCUT2D eigenvalue weighted by Crippen LogP contribution is -2.39. The fourth-order valence-corrected chi connectivity index (χ4v) is 3.30. The minimum atomic E-state index is -0.766. The maximum atomic E-state index is 12.5. The van der Waals surface area contributed by atoms with Crippen molar-refractivity contribution in [2.45, 2.75) is 25.9 Å².